The lowest BCUT2D eigenvalue weighted by molar-refractivity contribution is -0.154. The van der Waals surface area contributed by atoms with Gasteiger partial charge in [-0.2, -0.15) is 10.6 Å². The average Bonchev–Trinajstić information content (AvgIpc) is 2.92. The number of rotatable bonds is 6. The smallest absolute Gasteiger partial charge is 0.332 e. The molecule has 0 bridgehead atoms. The summed E-state index contributed by atoms with van der Waals surface area (Å²) in [6.07, 6.45) is 3.14. The second kappa shape index (κ2) is 7.61. The molecule has 0 spiro atoms. The number of nitrogens with one attached hydrogen (secondary N) is 1. The van der Waals surface area contributed by atoms with Crippen LogP contribution in [-0.2, 0) is 21.0 Å². The summed E-state index contributed by atoms with van der Waals surface area (Å²) in [6, 6.07) is 0. The minimum absolute atomic E-state index is 0.127. The molecule has 132 valence electrons. The Morgan fingerprint density at radius 3 is 2.67 bits per heavy atom. The van der Waals surface area contributed by atoms with Gasteiger partial charge in [-0.05, 0) is 33.6 Å². The maximum Gasteiger partial charge on any atom is 0.332 e. The molecule has 1 amide bonds. The summed E-state index contributed by atoms with van der Waals surface area (Å²) >= 11 is 0. The van der Waals surface area contributed by atoms with E-state index >= 15 is 0 Å². The number of hydroxylamine groups is 1. The molecule has 1 aliphatic rings. The van der Waals surface area contributed by atoms with Gasteiger partial charge in [-0.3, -0.25) is 9.48 Å². The van der Waals surface area contributed by atoms with E-state index in [1.165, 1.54) is 7.05 Å². The van der Waals surface area contributed by atoms with Crippen LogP contribution in [0.25, 0.3) is 0 Å². The molecule has 24 heavy (non-hydrogen) atoms. The summed E-state index contributed by atoms with van der Waals surface area (Å²) in [5.41, 5.74) is 5.53. The van der Waals surface area contributed by atoms with E-state index in [9.17, 15) is 9.59 Å². The second-order valence-corrected chi connectivity index (χ2v) is 5.94. The number of aryl methyl sites for hydroxylation is 2. The van der Waals surface area contributed by atoms with Gasteiger partial charge in [-0.15, -0.1) is 0 Å². The van der Waals surface area contributed by atoms with Crippen LogP contribution >= 0.6 is 0 Å². The highest BCUT2D eigenvalue weighted by Crippen LogP contribution is 2.32. The highest BCUT2D eigenvalue weighted by Gasteiger charge is 2.36. The molecule has 0 aromatic carbocycles. The lowest BCUT2D eigenvalue weighted by atomic mass is 9.87. The van der Waals surface area contributed by atoms with Crippen molar-refractivity contribution in [3.8, 4) is 0 Å². The number of aromatic nitrogens is 2. The van der Waals surface area contributed by atoms with Gasteiger partial charge < -0.3 is 9.74 Å². The van der Waals surface area contributed by atoms with Crippen molar-refractivity contribution < 1.29 is 14.4 Å². The molecule has 7 nitrogen and oxygen atoms in total. The Hall–Kier alpha value is -2.15. The fraction of sp³-hybridized carbons (Fsp3) is 0.588. The standard InChI is InChI=1S/C17H26N4O3/c1-6-13(17(23)24-18-5)15-11(3)8-9-21(16(15)22)14-10-20(7-2)19-12(14)4/h10,13,18H,6-9H2,1-5H3. The lowest BCUT2D eigenvalue weighted by Gasteiger charge is -2.31. The molecule has 1 atom stereocenters. The summed E-state index contributed by atoms with van der Waals surface area (Å²) < 4.78 is 1.81. The Kier molecular flexibility index (Phi) is 5.77. The van der Waals surface area contributed by atoms with Crippen molar-refractivity contribution in [2.75, 3.05) is 18.5 Å². The molecular formula is C17H26N4O3. The van der Waals surface area contributed by atoms with Crippen molar-refractivity contribution in [1.82, 2.24) is 15.3 Å². The zero-order chi connectivity index (χ0) is 17.9. The van der Waals surface area contributed by atoms with E-state index in [2.05, 4.69) is 10.6 Å². The van der Waals surface area contributed by atoms with Gasteiger partial charge >= 0.3 is 5.97 Å². The third kappa shape index (κ3) is 3.36. The number of hydrogen-bond donors (Lipinski definition) is 1. The van der Waals surface area contributed by atoms with Gasteiger partial charge in [-0.25, -0.2) is 4.79 Å². The van der Waals surface area contributed by atoms with Crippen molar-refractivity contribution in [2.45, 2.75) is 47.1 Å². The molecular weight excluding hydrogens is 308 g/mol. The first-order valence-electron chi connectivity index (χ1n) is 8.37. The first kappa shape index (κ1) is 18.2. The number of amides is 1. The third-order valence-corrected chi connectivity index (χ3v) is 4.42. The van der Waals surface area contributed by atoms with Crippen molar-refractivity contribution in [3.63, 3.8) is 0 Å². The largest absolute Gasteiger partial charge is 0.370 e. The van der Waals surface area contributed by atoms with Crippen molar-refractivity contribution in [3.05, 3.63) is 23.0 Å². The van der Waals surface area contributed by atoms with Crippen LogP contribution in [0.1, 0.15) is 39.3 Å². The number of hydrogen-bond acceptors (Lipinski definition) is 5. The summed E-state index contributed by atoms with van der Waals surface area (Å²) in [5.74, 6) is -1.11. The predicted octanol–water partition coefficient (Wildman–Crippen LogP) is 1.97. The maximum absolute atomic E-state index is 13.1. The van der Waals surface area contributed by atoms with Gasteiger partial charge in [0, 0.05) is 31.9 Å². The summed E-state index contributed by atoms with van der Waals surface area (Å²) in [7, 11) is 1.53. The Morgan fingerprint density at radius 1 is 1.42 bits per heavy atom. The van der Waals surface area contributed by atoms with E-state index in [0.717, 1.165) is 29.9 Å². The molecule has 0 saturated carbocycles. The van der Waals surface area contributed by atoms with Gasteiger partial charge in [-0.1, -0.05) is 12.5 Å². The minimum Gasteiger partial charge on any atom is -0.370 e. The Morgan fingerprint density at radius 2 is 2.12 bits per heavy atom. The molecule has 1 N–H and O–H groups in total. The number of nitrogens with zero attached hydrogens (tertiary/aromatic N) is 3. The van der Waals surface area contributed by atoms with E-state index < -0.39 is 11.9 Å². The Balaban J connectivity index is 2.37. The van der Waals surface area contributed by atoms with Crippen molar-refractivity contribution in [2.24, 2.45) is 5.92 Å². The van der Waals surface area contributed by atoms with Crippen LogP contribution in [0.15, 0.2) is 17.3 Å². The molecule has 7 heteroatoms. The number of carbonyl (C=O) groups is 2. The Labute approximate surface area is 142 Å². The molecule has 0 fully saturated rings. The molecule has 0 radical (unpaired) electrons. The van der Waals surface area contributed by atoms with E-state index in [0.29, 0.717) is 18.5 Å². The molecule has 1 aromatic heterocycles. The van der Waals surface area contributed by atoms with Crippen LogP contribution in [0.4, 0.5) is 5.69 Å². The van der Waals surface area contributed by atoms with Gasteiger partial charge in [0.05, 0.1) is 17.3 Å². The van der Waals surface area contributed by atoms with Crippen LogP contribution in [0.5, 0.6) is 0 Å². The average molecular weight is 334 g/mol. The van der Waals surface area contributed by atoms with Crippen LogP contribution in [-0.4, -0.2) is 35.2 Å². The molecule has 2 rings (SSSR count). The fourth-order valence-corrected chi connectivity index (χ4v) is 3.11. The van der Waals surface area contributed by atoms with Crippen LogP contribution in [0, 0.1) is 12.8 Å². The number of carbonyl (C=O) groups excluding carboxylic acids is 2. The Bertz CT molecular complexity index is 663. The van der Waals surface area contributed by atoms with Gasteiger partial charge in [0.25, 0.3) is 5.91 Å². The highest BCUT2D eigenvalue weighted by atomic mass is 16.7. The topological polar surface area (TPSA) is 76.5 Å². The third-order valence-electron chi connectivity index (χ3n) is 4.42. The predicted molar refractivity (Wildman–Crippen MR) is 91.2 cm³/mol. The van der Waals surface area contributed by atoms with Crippen molar-refractivity contribution in [1.29, 1.82) is 0 Å². The van der Waals surface area contributed by atoms with Gasteiger partial charge in [0.1, 0.15) is 0 Å². The van der Waals surface area contributed by atoms with E-state index in [1.54, 1.807) is 4.90 Å². The van der Waals surface area contributed by atoms with E-state index in [1.807, 2.05) is 38.6 Å². The van der Waals surface area contributed by atoms with Gasteiger partial charge in [0.2, 0.25) is 0 Å². The molecule has 1 unspecified atom stereocenters. The fourth-order valence-electron chi connectivity index (χ4n) is 3.11. The quantitative estimate of drug-likeness (QED) is 0.805. The lowest BCUT2D eigenvalue weighted by Crippen LogP contribution is -2.41. The SMILES string of the molecule is CCC(C(=O)ONC)C1=C(C)CCN(c2cn(CC)nc2C)C1=O. The van der Waals surface area contributed by atoms with Gasteiger partial charge in [0.15, 0.2) is 0 Å². The summed E-state index contributed by atoms with van der Waals surface area (Å²) in [4.78, 5) is 32.0. The normalized spacial score (nSPS) is 16.5. The van der Waals surface area contributed by atoms with Crippen LogP contribution < -0.4 is 10.4 Å². The van der Waals surface area contributed by atoms with Crippen LogP contribution in [0.3, 0.4) is 0 Å². The molecule has 1 aliphatic heterocycles. The zero-order valence-electron chi connectivity index (χ0n) is 15.0. The minimum atomic E-state index is -0.561. The summed E-state index contributed by atoms with van der Waals surface area (Å²) in [6.45, 7) is 9.05. The molecule has 0 aliphatic carbocycles. The molecule has 2 heterocycles. The van der Waals surface area contributed by atoms with E-state index in [4.69, 9.17) is 4.84 Å². The highest BCUT2D eigenvalue weighted by molar-refractivity contribution is 6.10. The molecule has 0 saturated heterocycles. The molecule has 1 aromatic rings. The van der Waals surface area contributed by atoms with Crippen molar-refractivity contribution >= 4 is 17.6 Å². The number of anilines is 1. The first-order valence-corrected chi connectivity index (χ1v) is 8.37. The first-order chi connectivity index (χ1) is 11.4. The van der Waals surface area contributed by atoms with E-state index in [-0.39, 0.29) is 5.91 Å². The summed E-state index contributed by atoms with van der Waals surface area (Å²) in [5, 5.41) is 4.42. The van der Waals surface area contributed by atoms with Crippen LogP contribution in [0.2, 0.25) is 0 Å². The zero-order valence-corrected chi connectivity index (χ0v) is 15.0. The second-order valence-electron chi connectivity index (χ2n) is 5.94. The maximum atomic E-state index is 13.1. The monoisotopic (exact) mass is 334 g/mol.